The first-order valence-corrected chi connectivity index (χ1v) is 18.1. The number of hydrogen-bond donors (Lipinski definition) is 2. The van der Waals surface area contributed by atoms with Crippen LogP contribution < -0.4 is 10.2 Å². The summed E-state index contributed by atoms with van der Waals surface area (Å²) in [6, 6.07) is 21.3. The second kappa shape index (κ2) is 11.8. The molecule has 3 aromatic heterocycles. The van der Waals surface area contributed by atoms with Crippen LogP contribution in [0, 0.1) is 30.1 Å². The lowest BCUT2D eigenvalue weighted by Gasteiger charge is -2.56. The molecule has 2 aromatic carbocycles. The van der Waals surface area contributed by atoms with E-state index >= 15 is 0 Å². The van der Waals surface area contributed by atoms with Crippen LogP contribution in [0.4, 0.5) is 10.9 Å². The molecule has 2 unspecified atom stereocenters. The summed E-state index contributed by atoms with van der Waals surface area (Å²) in [5, 5.41) is 24.1. The van der Waals surface area contributed by atoms with Gasteiger partial charge in [0, 0.05) is 35.5 Å². The minimum Gasteiger partial charge on any atom is -0.476 e. The van der Waals surface area contributed by atoms with Crippen molar-refractivity contribution >= 4 is 44.4 Å². The zero-order valence-electron chi connectivity index (χ0n) is 27.7. The Morgan fingerprint density at radius 1 is 1.06 bits per heavy atom. The normalized spacial score (nSPS) is 23.5. The van der Waals surface area contributed by atoms with Crippen molar-refractivity contribution in [3.63, 3.8) is 0 Å². The van der Waals surface area contributed by atoms with Gasteiger partial charge in [-0.3, -0.25) is 10.1 Å². The minimum atomic E-state index is -1.13. The maximum atomic E-state index is 13.6. The average Bonchev–Trinajstić information content (AvgIpc) is 3.65. The van der Waals surface area contributed by atoms with E-state index in [2.05, 4.69) is 16.4 Å². The van der Waals surface area contributed by atoms with E-state index in [0.717, 1.165) is 52.7 Å². The molecule has 2 aliphatic carbocycles. The number of nitrogens with one attached hydrogen (secondary N) is 1. The molecule has 4 bridgehead atoms. The van der Waals surface area contributed by atoms with Crippen LogP contribution in [0.15, 0.2) is 60.7 Å². The van der Waals surface area contributed by atoms with E-state index in [0.29, 0.717) is 77.3 Å². The Balaban J connectivity index is 0.998. The Labute approximate surface area is 293 Å². The molecule has 2 atom stereocenters. The number of fused-ring (bicyclic) bond motifs is 2. The highest BCUT2D eigenvalue weighted by molar-refractivity contribution is 7.22. The molecule has 10 rings (SSSR count). The lowest BCUT2D eigenvalue weighted by molar-refractivity contribution is -0.225. The number of ether oxygens (including phenoxy) is 1. The van der Waals surface area contributed by atoms with Gasteiger partial charge in [0.25, 0.3) is 5.91 Å². The van der Waals surface area contributed by atoms with E-state index in [1.54, 1.807) is 6.07 Å². The third-order valence-electron chi connectivity index (χ3n) is 11.3. The molecule has 2 saturated carbocycles. The number of rotatable bonds is 7. The standard InChI is InChI=1S/C39H36N6O4S/c1-22-30(16-26(19-40)45(22)21-39-17-23-13-24(18-39)15-27(14-23)49-39)28-9-10-34(42-35(28)37(47)48)44-12-11-25-5-4-6-29(31(25)20-44)36(46)43-38-41-32-7-2-3-8-33(32)50-38/h2-10,16,23-24,27H,11-15,17-18,20-21H2,1H3,(H,47,48)(H,41,43,46). The van der Waals surface area contributed by atoms with Gasteiger partial charge in [0.05, 0.1) is 28.5 Å². The number of para-hydroxylation sites is 1. The van der Waals surface area contributed by atoms with Crippen molar-refractivity contribution in [1.29, 1.82) is 5.26 Å². The lowest BCUT2D eigenvalue weighted by atomic mass is 9.62. The molecule has 50 heavy (non-hydrogen) atoms. The van der Waals surface area contributed by atoms with Gasteiger partial charge in [-0.05, 0) is 105 Å². The summed E-state index contributed by atoms with van der Waals surface area (Å²) < 4.78 is 9.68. The molecule has 0 radical (unpaired) electrons. The van der Waals surface area contributed by atoms with E-state index in [9.17, 15) is 20.0 Å². The molecule has 2 N–H and O–H groups in total. The van der Waals surface area contributed by atoms with Crippen LogP contribution in [0.2, 0.25) is 0 Å². The van der Waals surface area contributed by atoms with E-state index < -0.39 is 5.97 Å². The van der Waals surface area contributed by atoms with Gasteiger partial charge in [0.1, 0.15) is 17.6 Å². The largest absolute Gasteiger partial charge is 0.476 e. The molecule has 252 valence electrons. The SMILES string of the molecule is Cc1c(-c2ccc(N3CCc4cccc(C(=O)Nc5nc6ccccc6s5)c4C3)nc2C(=O)O)cc(C#N)n1CC12CC3CC(CC(C3)O1)C2. The van der Waals surface area contributed by atoms with Crippen LogP contribution in [0.5, 0.6) is 0 Å². The number of pyridine rings is 1. The molecule has 2 saturated heterocycles. The highest BCUT2D eigenvalue weighted by Crippen LogP contribution is 2.54. The van der Waals surface area contributed by atoms with Crippen LogP contribution in [-0.4, -0.2) is 49.8 Å². The summed E-state index contributed by atoms with van der Waals surface area (Å²) in [5.41, 5.74) is 5.55. The van der Waals surface area contributed by atoms with Crippen molar-refractivity contribution in [3.05, 3.63) is 94.4 Å². The second-order valence-electron chi connectivity index (χ2n) is 14.4. The Kier molecular flexibility index (Phi) is 7.30. The number of aromatic carboxylic acids is 1. The number of nitriles is 1. The summed E-state index contributed by atoms with van der Waals surface area (Å²) >= 11 is 1.43. The number of amides is 1. The number of nitrogens with zero attached hydrogens (tertiary/aromatic N) is 5. The van der Waals surface area contributed by atoms with Crippen LogP contribution in [-0.2, 0) is 24.2 Å². The van der Waals surface area contributed by atoms with Crippen LogP contribution in [0.3, 0.4) is 0 Å². The smallest absolute Gasteiger partial charge is 0.355 e. The number of thiazole rings is 1. The van der Waals surface area contributed by atoms with Crippen LogP contribution >= 0.6 is 11.3 Å². The Morgan fingerprint density at radius 2 is 1.88 bits per heavy atom. The summed E-state index contributed by atoms with van der Waals surface area (Å²) in [6.07, 6.45) is 6.58. The number of anilines is 2. The van der Waals surface area contributed by atoms with Gasteiger partial charge in [-0.15, -0.1) is 0 Å². The number of carboxylic acid groups (broad SMARTS) is 1. The number of carbonyl (C=O) groups excluding carboxylic acids is 1. The van der Waals surface area contributed by atoms with Crippen LogP contribution in [0.25, 0.3) is 21.3 Å². The zero-order valence-corrected chi connectivity index (χ0v) is 28.5. The van der Waals surface area contributed by atoms with Crippen molar-refractivity contribution in [1.82, 2.24) is 14.5 Å². The quantitative estimate of drug-likeness (QED) is 0.184. The van der Waals surface area contributed by atoms with Crippen molar-refractivity contribution < 1.29 is 19.4 Å². The first-order chi connectivity index (χ1) is 24.3. The topological polar surface area (TPSA) is 133 Å². The fourth-order valence-corrected chi connectivity index (χ4v) is 10.1. The monoisotopic (exact) mass is 684 g/mol. The molecule has 3 aliphatic heterocycles. The highest BCUT2D eigenvalue weighted by atomic mass is 32.1. The molecule has 0 spiro atoms. The van der Waals surface area contributed by atoms with Gasteiger partial charge in [-0.25, -0.2) is 14.8 Å². The maximum Gasteiger partial charge on any atom is 0.355 e. The predicted octanol–water partition coefficient (Wildman–Crippen LogP) is 7.20. The molecule has 6 heterocycles. The van der Waals surface area contributed by atoms with Crippen molar-refractivity contribution in [2.45, 2.75) is 70.2 Å². The van der Waals surface area contributed by atoms with E-state index in [1.807, 2.05) is 71.0 Å². The van der Waals surface area contributed by atoms with Gasteiger partial charge >= 0.3 is 5.97 Å². The molecule has 4 fully saturated rings. The number of carbonyl (C=O) groups is 2. The number of carboxylic acids is 1. The van der Waals surface area contributed by atoms with Gasteiger partial charge in [-0.1, -0.05) is 35.6 Å². The molecule has 5 aliphatic rings. The van der Waals surface area contributed by atoms with Crippen LogP contribution in [0.1, 0.15) is 75.5 Å². The molecule has 11 heteroatoms. The first-order valence-electron chi connectivity index (χ1n) is 17.3. The van der Waals surface area contributed by atoms with E-state index in [1.165, 1.54) is 17.8 Å². The zero-order chi connectivity index (χ0) is 34.1. The summed E-state index contributed by atoms with van der Waals surface area (Å²) in [7, 11) is 0. The van der Waals surface area contributed by atoms with Gasteiger partial charge in [0.2, 0.25) is 0 Å². The molecule has 1 amide bonds. The summed E-state index contributed by atoms with van der Waals surface area (Å²) in [4.78, 5) is 37.6. The maximum absolute atomic E-state index is 13.6. The number of benzene rings is 2. The minimum absolute atomic E-state index is 0.0639. The average molecular weight is 685 g/mol. The van der Waals surface area contributed by atoms with Gasteiger partial charge in [-0.2, -0.15) is 5.26 Å². The number of aromatic nitrogens is 3. The molecular formula is C39H36N6O4S. The third kappa shape index (κ3) is 5.25. The van der Waals surface area contributed by atoms with Crippen molar-refractivity contribution in [2.24, 2.45) is 11.8 Å². The Bertz CT molecular complexity index is 2180. The van der Waals surface area contributed by atoms with Gasteiger partial charge < -0.3 is 19.3 Å². The lowest BCUT2D eigenvalue weighted by Crippen LogP contribution is -2.56. The predicted molar refractivity (Wildman–Crippen MR) is 191 cm³/mol. The van der Waals surface area contributed by atoms with E-state index in [4.69, 9.17) is 9.72 Å². The summed E-state index contributed by atoms with van der Waals surface area (Å²) in [6.45, 7) is 3.59. The number of hydrogen-bond acceptors (Lipinski definition) is 8. The van der Waals surface area contributed by atoms with Crippen molar-refractivity contribution in [3.8, 4) is 17.2 Å². The Hall–Kier alpha value is -5.05. The Morgan fingerprint density at radius 3 is 2.64 bits per heavy atom. The van der Waals surface area contributed by atoms with Crippen molar-refractivity contribution in [2.75, 3.05) is 16.8 Å². The summed E-state index contributed by atoms with van der Waals surface area (Å²) in [5.74, 6) is 0.527. The molecule has 5 aromatic rings. The second-order valence-corrected chi connectivity index (χ2v) is 15.5. The fraction of sp³-hybridized carbons (Fsp3) is 0.359. The molecule has 10 nitrogen and oxygen atoms in total. The fourth-order valence-electron chi connectivity index (χ4n) is 9.27. The third-order valence-corrected chi connectivity index (χ3v) is 12.2. The molecular weight excluding hydrogens is 649 g/mol. The first kappa shape index (κ1) is 31.0. The van der Waals surface area contributed by atoms with E-state index in [-0.39, 0.29) is 17.2 Å². The van der Waals surface area contributed by atoms with Gasteiger partial charge in [0.15, 0.2) is 10.8 Å². The highest BCUT2D eigenvalue weighted by Gasteiger charge is 2.52.